The number of unbranched alkanes of at least 4 members (excludes halogenated alkanes) is 28. The molecule has 0 aliphatic rings. The molecule has 0 heterocycles. The third kappa shape index (κ3) is 55.3. The SMILES string of the molecule is CC/C=C\C/C=C\C/C=C\C/C=C\C/C=C\CCCC(=O)NC(COP(=O)([O-])OCC[N+](C)(C)C)C(O)/C=C/CC/C=C/CCCCCCCCCCCCCCCCCCCCCCCCCCCC. The molecule has 0 saturated carbocycles. The first-order valence-electron chi connectivity index (χ1n) is 29.4. The number of carbonyl (C=O) groups excluding carboxylic acids is 1. The number of hydrogen-bond acceptors (Lipinski definition) is 6. The fourth-order valence-electron chi connectivity index (χ4n) is 8.26. The molecule has 0 radical (unpaired) electrons. The van der Waals surface area contributed by atoms with Crippen LogP contribution in [-0.4, -0.2) is 68.5 Å². The molecule has 3 unspecified atom stereocenters. The minimum absolute atomic E-state index is 0.0211. The second kappa shape index (κ2) is 52.5. The van der Waals surface area contributed by atoms with Gasteiger partial charge in [-0.15, -0.1) is 0 Å². The number of carbonyl (C=O) groups is 1. The summed E-state index contributed by atoms with van der Waals surface area (Å²) >= 11 is 0. The molecule has 0 aromatic rings. The topological polar surface area (TPSA) is 108 Å². The summed E-state index contributed by atoms with van der Waals surface area (Å²) in [5.74, 6) is -0.265. The lowest BCUT2D eigenvalue weighted by Gasteiger charge is -2.29. The highest BCUT2D eigenvalue weighted by molar-refractivity contribution is 7.45. The van der Waals surface area contributed by atoms with Crippen LogP contribution in [0.1, 0.15) is 251 Å². The van der Waals surface area contributed by atoms with E-state index in [1.807, 2.05) is 27.2 Å². The van der Waals surface area contributed by atoms with Gasteiger partial charge in [0.1, 0.15) is 13.2 Å². The molecule has 9 heteroatoms. The van der Waals surface area contributed by atoms with E-state index < -0.39 is 26.6 Å². The molecule has 0 bridgehead atoms. The van der Waals surface area contributed by atoms with E-state index in [1.54, 1.807) is 6.08 Å². The maximum Gasteiger partial charge on any atom is 0.268 e. The van der Waals surface area contributed by atoms with Crippen molar-refractivity contribution in [1.29, 1.82) is 0 Å². The molecule has 0 spiro atoms. The van der Waals surface area contributed by atoms with Crippen LogP contribution < -0.4 is 10.2 Å². The summed E-state index contributed by atoms with van der Waals surface area (Å²) in [4.78, 5) is 25.4. The minimum Gasteiger partial charge on any atom is -0.756 e. The van der Waals surface area contributed by atoms with Crippen LogP contribution in [0.15, 0.2) is 85.1 Å². The number of likely N-dealkylation sites (N-methyl/N-ethyl adjacent to an activating group) is 1. The second-order valence-electron chi connectivity index (χ2n) is 21.0. The van der Waals surface area contributed by atoms with E-state index in [2.05, 4.69) is 92.1 Å². The Morgan fingerprint density at radius 2 is 0.873 bits per heavy atom. The highest BCUT2D eigenvalue weighted by Crippen LogP contribution is 2.38. The third-order valence-corrected chi connectivity index (χ3v) is 13.8. The number of nitrogens with one attached hydrogen (secondary N) is 1. The van der Waals surface area contributed by atoms with Gasteiger partial charge >= 0.3 is 0 Å². The Morgan fingerprint density at radius 3 is 1.31 bits per heavy atom. The third-order valence-electron chi connectivity index (χ3n) is 12.8. The molecule has 2 N–H and O–H groups in total. The van der Waals surface area contributed by atoms with Gasteiger partial charge < -0.3 is 28.8 Å². The van der Waals surface area contributed by atoms with Crippen LogP contribution >= 0.6 is 7.82 Å². The highest BCUT2D eigenvalue weighted by Gasteiger charge is 2.23. The molecule has 1 amide bonds. The van der Waals surface area contributed by atoms with Gasteiger partial charge in [0.15, 0.2) is 0 Å². The summed E-state index contributed by atoms with van der Waals surface area (Å²) in [6.07, 6.45) is 74.2. The predicted molar refractivity (Wildman–Crippen MR) is 307 cm³/mol. The number of phosphoric acid groups is 1. The van der Waals surface area contributed by atoms with Crippen molar-refractivity contribution in [3.8, 4) is 0 Å². The van der Waals surface area contributed by atoms with Crippen LogP contribution in [0.2, 0.25) is 0 Å². The lowest BCUT2D eigenvalue weighted by molar-refractivity contribution is -0.870. The van der Waals surface area contributed by atoms with Crippen molar-refractivity contribution >= 4 is 13.7 Å². The number of aliphatic hydroxyl groups is 1. The van der Waals surface area contributed by atoms with E-state index in [0.29, 0.717) is 17.4 Å². The second-order valence-corrected chi connectivity index (χ2v) is 22.4. The smallest absolute Gasteiger partial charge is 0.268 e. The van der Waals surface area contributed by atoms with Crippen LogP contribution in [0.5, 0.6) is 0 Å². The molecule has 0 rings (SSSR count). The van der Waals surface area contributed by atoms with Crippen LogP contribution in [0.4, 0.5) is 0 Å². The molecule has 412 valence electrons. The van der Waals surface area contributed by atoms with Crippen molar-refractivity contribution in [3.05, 3.63) is 85.1 Å². The Kier molecular flexibility index (Phi) is 50.8. The zero-order valence-corrected chi connectivity index (χ0v) is 47.8. The number of quaternary nitrogens is 1. The molecular weight excluding hydrogens is 900 g/mol. The van der Waals surface area contributed by atoms with Gasteiger partial charge in [0.2, 0.25) is 5.91 Å². The molecule has 0 aliphatic heterocycles. The van der Waals surface area contributed by atoms with E-state index in [0.717, 1.165) is 57.8 Å². The maximum absolute atomic E-state index is 12.9. The van der Waals surface area contributed by atoms with E-state index in [4.69, 9.17) is 9.05 Å². The van der Waals surface area contributed by atoms with Crippen LogP contribution in [0, 0.1) is 0 Å². The van der Waals surface area contributed by atoms with Crippen molar-refractivity contribution in [2.75, 3.05) is 40.9 Å². The standard InChI is InChI=1S/C62H113N2O6P/c1-6-8-10-12-14-16-18-20-22-24-25-26-27-28-29-30-31-32-33-34-35-36-37-38-40-41-43-45-47-49-51-53-55-61(65)60(59-70-71(67,68)69-58-57-64(3,4)5)63-62(66)56-54-52-50-48-46-44-42-39-23-21-19-17-15-13-11-9-7-2/h9,11,15,17,21,23,42,44-45,47-48,50,53,55,60-61,65H,6-8,10,12-14,16,18-20,22,24-41,43,46,49,51-52,54,56-59H2,1-5H3,(H-,63,66,67,68)/b11-9-,17-15-,23-21-,44-42-,47-45+,50-48-,55-53+. The van der Waals surface area contributed by atoms with Gasteiger partial charge in [0, 0.05) is 6.42 Å². The quantitative estimate of drug-likeness (QED) is 0.0272. The van der Waals surface area contributed by atoms with Crippen molar-refractivity contribution in [2.24, 2.45) is 0 Å². The minimum atomic E-state index is -4.63. The summed E-state index contributed by atoms with van der Waals surface area (Å²) in [6.45, 7) is 4.48. The highest BCUT2D eigenvalue weighted by atomic mass is 31.2. The Balaban J connectivity index is 4.21. The average Bonchev–Trinajstić information content (AvgIpc) is 3.33. The lowest BCUT2D eigenvalue weighted by Crippen LogP contribution is -2.45. The zero-order valence-electron chi connectivity index (χ0n) is 46.9. The number of phosphoric ester groups is 1. The number of nitrogens with zero attached hydrogens (tertiary/aromatic N) is 1. The van der Waals surface area contributed by atoms with E-state index in [1.165, 1.54) is 167 Å². The summed E-state index contributed by atoms with van der Waals surface area (Å²) in [5, 5.41) is 13.8. The fraction of sp³-hybridized carbons (Fsp3) is 0.758. The van der Waals surface area contributed by atoms with Gasteiger partial charge in [0.05, 0.1) is 39.9 Å². The predicted octanol–water partition coefficient (Wildman–Crippen LogP) is 17.4. The number of allylic oxidation sites excluding steroid dienone is 13. The van der Waals surface area contributed by atoms with E-state index in [-0.39, 0.29) is 18.9 Å². The maximum atomic E-state index is 12.9. The first-order chi connectivity index (χ1) is 34.5. The van der Waals surface area contributed by atoms with Gasteiger partial charge in [-0.3, -0.25) is 9.36 Å². The molecule has 0 aromatic heterocycles. The first-order valence-corrected chi connectivity index (χ1v) is 30.9. The molecule has 0 aromatic carbocycles. The molecule has 0 saturated heterocycles. The number of aliphatic hydroxyl groups excluding tert-OH is 1. The van der Waals surface area contributed by atoms with Crippen molar-refractivity contribution < 1.29 is 32.9 Å². The molecule has 71 heavy (non-hydrogen) atoms. The summed E-state index contributed by atoms with van der Waals surface area (Å²) in [5.41, 5.74) is 0. The number of amides is 1. The van der Waals surface area contributed by atoms with Crippen molar-refractivity contribution in [2.45, 2.75) is 264 Å². The average molecular weight is 1010 g/mol. The summed E-state index contributed by atoms with van der Waals surface area (Å²) in [6, 6.07) is -0.939. The van der Waals surface area contributed by atoms with Crippen LogP contribution in [0.3, 0.4) is 0 Å². The zero-order chi connectivity index (χ0) is 52.0. The van der Waals surface area contributed by atoms with E-state index >= 15 is 0 Å². The van der Waals surface area contributed by atoms with Gasteiger partial charge in [-0.2, -0.15) is 0 Å². The number of hydrogen-bond donors (Lipinski definition) is 2. The van der Waals surface area contributed by atoms with Gasteiger partial charge in [0.25, 0.3) is 7.82 Å². The van der Waals surface area contributed by atoms with Gasteiger partial charge in [-0.25, -0.2) is 0 Å². The molecular formula is C62H113N2O6P. The normalized spacial score (nSPS) is 14.5. The number of rotatable bonds is 53. The van der Waals surface area contributed by atoms with E-state index in [9.17, 15) is 19.4 Å². The van der Waals surface area contributed by atoms with Crippen molar-refractivity contribution in [3.63, 3.8) is 0 Å². The molecule has 0 aliphatic carbocycles. The van der Waals surface area contributed by atoms with Gasteiger partial charge in [-0.05, 0) is 70.6 Å². The fourth-order valence-corrected chi connectivity index (χ4v) is 8.99. The van der Waals surface area contributed by atoms with Crippen LogP contribution in [0.25, 0.3) is 0 Å². The molecule has 3 atom stereocenters. The monoisotopic (exact) mass is 1010 g/mol. The lowest BCUT2D eigenvalue weighted by atomic mass is 10.0. The Labute approximate surface area is 439 Å². The van der Waals surface area contributed by atoms with Gasteiger partial charge in [-0.1, -0.05) is 259 Å². The largest absolute Gasteiger partial charge is 0.756 e. The summed E-state index contributed by atoms with van der Waals surface area (Å²) in [7, 11) is 1.20. The Bertz CT molecular complexity index is 1430. The molecule has 8 nitrogen and oxygen atoms in total. The Hall–Kier alpha value is -2.32. The Morgan fingerprint density at radius 1 is 0.507 bits per heavy atom. The van der Waals surface area contributed by atoms with Crippen molar-refractivity contribution in [1.82, 2.24) is 5.32 Å². The molecule has 0 fully saturated rings. The van der Waals surface area contributed by atoms with Crippen LogP contribution in [-0.2, 0) is 18.4 Å². The first kappa shape index (κ1) is 68.7. The summed E-state index contributed by atoms with van der Waals surface area (Å²) < 4.78 is 23.3.